The van der Waals surface area contributed by atoms with Gasteiger partial charge in [-0.05, 0) is 49.8 Å². The maximum atomic E-state index is 12.7. The Kier molecular flexibility index (Phi) is 4.45. The Bertz CT molecular complexity index is 842. The number of aryl methyl sites for hydroxylation is 1. The molecule has 1 saturated heterocycles. The summed E-state index contributed by atoms with van der Waals surface area (Å²) in [6, 6.07) is 8.02. The number of hydrogen-bond donors (Lipinski definition) is 3. The number of furan rings is 1. The summed E-state index contributed by atoms with van der Waals surface area (Å²) in [5.74, 6) is 0.174. The standard InChI is InChI=1S/C19H21N5O2/c1-11-2-3-14(9-20)21-17(11)19(25)22-13-4-5-16-15(8-13)18(24-23-16)12-6-7-26-10-12/h2-3,6-7,10,13,15-16,18,23-24H,4-5,8H2,1H3,(H,22,25). The highest BCUT2D eigenvalue weighted by Gasteiger charge is 2.41. The molecule has 4 unspecified atom stereocenters. The third-order valence-corrected chi connectivity index (χ3v) is 5.42. The van der Waals surface area contributed by atoms with E-state index in [-0.39, 0.29) is 23.7 Å². The minimum Gasteiger partial charge on any atom is -0.472 e. The van der Waals surface area contributed by atoms with E-state index in [1.807, 2.05) is 19.1 Å². The van der Waals surface area contributed by atoms with Crippen molar-refractivity contribution in [1.82, 2.24) is 21.2 Å². The Labute approximate surface area is 151 Å². The fraction of sp³-hybridized carbons (Fsp3) is 0.421. The zero-order valence-electron chi connectivity index (χ0n) is 14.5. The van der Waals surface area contributed by atoms with Crippen LogP contribution in [0, 0.1) is 24.2 Å². The number of hydrogen-bond acceptors (Lipinski definition) is 6. The molecule has 0 spiro atoms. The van der Waals surface area contributed by atoms with Crippen LogP contribution in [0.2, 0.25) is 0 Å². The second kappa shape index (κ2) is 6.90. The number of nitriles is 1. The number of fused-ring (bicyclic) bond motifs is 1. The summed E-state index contributed by atoms with van der Waals surface area (Å²) in [4.78, 5) is 16.8. The van der Waals surface area contributed by atoms with Crippen molar-refractivity contribution in [2.75, 3.05) is 0 Å². The summed E-state index contributed by atoms with van der Waals surface area (Å²) < 4.78 is 5.22. The molecule has 0 bridgehead atoms. The van der Waals surface area contributed by atoms with Gasteiger partial charge in [0.15, 0.2) is 0 Å². The van der Waals surface area contributed by atoms with E-state index >= 15 is 0 Å². The van der Waals surface area contributed by atoms with Crippen LogP contribution in [-0.4, -0.2) is 23.0 Å². The monoisotopic (exact) mass is 351 g/mol. The average Bonchev–Trinajstić information content (AvgIpc) is 3.31. The number of amides is 1. The first-order valence-corrected chi connectivity index (χ1v) is 8.87. The molecule has 1 amide bonds. The van der Waals surface area contributed by atoms with Crippen molar-refractivity contribution in [3.63, 3.8) is 0 Å². The molecule has 26 heavy (non-hydrogen) atoms. The molecule has 134 valence electrons. The fourth-order valence-electron chi connectivity index (χ4n) is 4.05. The normalized spacial score (nSPS) is 27.5. The smallest absolute Gasteiger partial charge is 0.270 e. The van der Waals surface area contributed by atoms with Gasteiger partial charge < -0.3 is 9.73 Å². The number of rotatable bonds is 3. The van der Waals surface area contributed by atoms with Gasteiger partial charge in [-0.15, -0.1) is 0 Å². The van der Waals surface area contributed by atoms with Crippen molar-refractivity contribution in [3.05, 3.63) is 53.2 Å². The second-order valence-electron chi connectivity index (χ2n) is 7.05. The zero-order valence-corrected chi connectivity index (χ0v) is 14.5. The SMILES string of the molecule is Cc1ccc(C#N)nc1C(=O)NC1CCC2NNC(c3ccoc3)C2C1. The lowest BCUT2D eigenvalue weighted by molar-refractivity contribution is 0.0909. The van der Waals surface area contributed by atoms with Crippen LogP contribution in [0.5, 0.6) is 0 Å². The number of hydrazine groups is 1. The first-order chi connectivity index (χ1) is 12.7. The summed E-state index contributed by atoms with van der Waals surface area (Å²) in [6.45, 7) is 1.83. The van der Waals surface area contributed by atoms with Crippen LogP contribution in [0.4, 0.5) is 0 Å². The lowest BCUT2D eigenvalue weighted by Gasteiger charge is -2.33. The molecule has 2 aromatic heterocycles. The molecule has 1 aliphatic carbocycles. The molecule has 4 rings (SSSR count). The van der Waals surface area contributed by atoms with Crippen LogP contribution in [0.15, 0.2) is 35.1 Å². The molecule has 2 aliphatic rings. The number of carbonyl (C=O) groups excluding carboxylic acids is 1. The number of carbonyl (C=O) groups is 1. The molecular weight excluding hydrogens is 330 g/mol. The van der Waals surface area contributed by atoms with E-state index in [1.54, 1.807) is 24.7 Å². The van der Waals surface area contributed by atoms with Gasteiger partial charge in [-0.25, -0.2) is 10.4 Å². The van der Waals surface area contributed by atoms with Gasteiger partial charge >= 0.3 is 0 Å². The topological polar surface area (TPSA) is 103 Å². The van der Waals surface area contributed by atoms with E-state index in [0.717, 1.165) is 30.4 Å². The summed E-state index contributed by atoms with van der Waals surface area (Å²) in [5, 5.41) is 12.1. The van der Waals surface area contributed by atoms with Crippen LogP contribution in [0.3, 0.4) is 0 Å². The van der Waals surface area contributed by atoms with Crippen LogP contribution in [0.25, 0.3) is 0 Å². The molecule has 1 saturated carbocycles. The number of nitrogens with zero attached hydrogens (tertiary/aromatic N) is 2. The van der Waals surface area contributed by atoms with Crippen molar-refractivity contribution in [3.8, 4) is 6.07 Å². The van der Waals surface area contributed by atoms with E-state index in [2.05, 4.69) is 21.2 Å². The van der Waals surface area contributed by atoms with Gasteiger partial charge in [0, 0.05) is 17.6 Å². The third kappa shape index (κ3) is 3.09. The van der Waals surface area contributed by atoms with Gasteiger partial charge in [-0.3, -0.25) is 10.2 Å². The zero-order chi connectivity index (χ0) is 18.1. The number of aromatic nitrogens is 1. The molecule has 2 fully saturated rings. The maximum absolute atomic E-state index is 12.7. The van der Waals surface area contributed by atoms with Crippen molar-refractivity contribution in [2.24, 2.45) is 5.92 Å². The Morgan fingerprint density at radius 3 is 3.00 bits per heavy atom. The molecule has 1 aliphatic heterocycles. The van der Waals surface area contributed by atoms with Gasteiger partial charge in [0.05, 0.1) is 18.6 Å². The predicted molar refractivity (Wildman–Crippen MR) is 93.8 cm³/mol. The van der Waals surface area contributed by atoms with Gasteiger partial charge in [-0.2, -0.15) is 5.26 Å². The molecule has 3 N–H and O–H groups in total. The molecule has 0 aromatic carbocycles. The van der Waals surface area contributed by atoms with Crippen LogP contribution < -0.4 is 16.2 Å². The summed E-state index contributed by atoms with van der Waals surface area (Å²) in [5.41, 5.74) is 9.22. The Hall–Kier alpha value is -2.69. The van der Waals surface area contributed by atoms with E-state index in [1.165, 1.54) is 0 Å². The van der Waals surface area contributed by atoms with Crippen LogP contribution >= 0.6 is 0 Å². The molecule has 7 heteroatoms. The highest BCUT2D eigenvalue weighted by atomic mass is 16.3. The first-order valence-electron chi connectivity index (χ1n) is 8.87. The highest BCUT2D eigenvalue weighted by molar-refractivity contribution is 5.94. The molecule has 3 heterocycles. The van der Waals surface area contributed by atoms with Crippen molar-refractivity contribution in [1.29, 1.82) is 5.26 Å². The third-order valence-electron chi connectivity index (χ3n) is 5.42. The number of nitrogens with one attached hydrogen (secondary N) is 3. The Morgan fingerprint density at radius 2 is 2.23 bits per heavy atom. The lowest BCUT2D eigenvalue weighted by atomic mass is 9.77. The summed E-state index contributed by atoms with van der Waals surface area (Å²) in [6.07, 6.45) is 6.23. The maximum Gasteiger partial charge on any atom is 0.270 e. The van der Waals surface area contributed by atoms with Crippen LogP contribution in [-0.2, 0) is 0 Å². The highest BCUT2D eigenvalue weighted by Crippen LogP contribution is 2.38. The molecule has 2 aromatic rings. The fourth-order valence-corrected chi connectivity index (χ4v) is 4.05. The van der Waals surface area contributed by atoms with E-state index in [4.69, 9.17) is 9.68 Å². The Balaban J connectivity index is 1.46. The van der Waals surface area contributed by atoms with Gasteiger partial charge in [-0.1, -0.05) is 6.07 Å². The Morgan fingerprint density at radius 1 is 1.35 bits per heavy atom. The van der Waals surface area contributed by atoms with Crippen molar-refractivity contribution < 1.29 is 9.21 Å². The van der Waals surface area contributed by atoms with E-state index in [0.29, 0.717) is 17.7 Å². The second-order valence-corrected chi connectivity index (χ2v) is 7.05. The summed E-state index contributed by atoms with van der Waals surface area (Å²) >= 11 is 0. The number of pyridine rings is 1. The van der Waals surface area contributed by atoms with Gasteiger partial charge in [0.1, 0.15) is 17.5 Å². The van der Waals surface area contributed by atoms with Gasteiger partial charge in [0.25, 0.3) is 5.91 Å². The minimum atomic E-state index is -0.207. The predicted octanol–water partition coefficient (Wildman–Crippen LogP) is 1.97. The minimum absolute atomic E-state index is 0.0896. The van der Waals surface area contributed by atoms with Crippen molar-refractivity contribution in [2.45, 2.75) is 44.3 Å². The largest absolute Gasteiger partial charge is 0.472 e. The lowest BCUT2D eigenvalue weighted by Crippen LogP contribution is -2.44. The molecule has 7 nitrogen and oxygen atoms in total. The van der Waals surface area contributed by atoms with Gasteiger partial charge in [0.2, 0.25) is 0 Å². The summed E-state index contributed by atoms with van der Waals surface area (Å²) in [7, 11) is 0. The van der Waals surface area contributed by atoms with E-state index < -0.39 is 0 Å². The molecule has 0 radical (unpaired) electrons. The molecular formula is C19H21N5O2. The van der Waals surface area contributed by atoms with Crippen LogP contribution in [0.1, 0.15) is 52.6 Å². The average molecular weight is 351 g/mol. The first kappa shape index (κ1) is 16.8. The molecule has 4 atom stereocenters. The van der Waals surface area contributed by atoms with E-state index in [9.17, 15) is 4.79 Å². The quantitative estimate of drug-likeness (QED) is 0.781. The van der Waals surface area contributed by atoms with Crippen molar-refractivity contribution >= 4 is 5.91 Å².